The molecule has 3 nitrogen and oxygen atoms in total. The highest BCUT2D eigenvalue weighted by Crippen LogP contribution is 2.39. The van der Waals surface area contributed by atoms with E-state index in [4.69, 9.17) is 4.74 Å². The van der Waals surface area contributed by atoms with Gasteiger partial charge in [-0.1, -0.05) is 0 Å². The largest absolute Gasteiger partial charge is 0.494 e. The van der Waals surface area contributed by atoms with Crippen molar-refractivity contribution in [3.8, 4) is 0 Å². The van der Waals surface area contributed by atoms with Crippen LogP contribution in [0.1, 0.15) is 23.0 Å². The Morgan fingerprint density at radius 2 is 2.29 bits per heavy atom. The Labute approximate surface area is 134 Å². The molecular weight excluding hydrogens is 357 g/mol. The lowest BCUT2D eigenvalue weighted by Gasteiger charge is -2.28. The molecule has 21 heavy (non-hydrogen) atoms. The molecule has 110 valence electrons. The zero-order valence-electron chi connectivity index (χ0n) is 11.5. The number of fused-ring (bicyclic) bond motifs is 1. The number of carbonyl (C=O) groups excluding carboxylic acids is 1. The highest BCUT2D eigenvalue weighted by atomic mass is 79.9. The first-order valence-electron chi connectivity index (χ1n) is 6.44. The lowest BCUT2D eigenvalue weighted by Crippen LogP contribution is -2.36. The van der Waals surface area contributed by atoms with Crippen LogP contribution in [0.4, 0.5) is 4.39 Å². The van der Waals surface area contributed by atoms with Gasteiger partial charge in [-0.15, -0.1) is 11.3 Å². The van der Waals surface area contributed by atoms with Crippen molar-refractivity contribution in [1.29, 1.82) is 0 Å². The van der Waals surface area contributed by atoms with Gasteiger partial charge in [0.1, 0.15) is 0 Å². The average Bonchev–Trinajstić information content (AvgIpc) is 3.02. The van der Waals surface area contributed by atoms with Gasteiger partial charge < -0.3 is 9.64 Å². The lowest BCUT2D eigenvalue weighted by molar-refractivity contribution is 0.0783. The van der Waals surface area contributed by atoms with Crippen LogP contribution < -0.4 is 0 Å². The van der Waals surface area contributed by atoms with Crippen LogP contribution in [0.5, 0.6) is 0 Å². The first-order valence-corrected chi connectivity index (χ1v) is 8.05. The number of hydrogen-bond donors (Lipinski definition) is 0. The lowest BCUT2D eigenvalue weighted by atomic mass is 9.98. The van der Waals surface area contributed by atoms with Gasteiger partial charge in [-0.3, -0.25) is 4.79 Å². The Morgan fingerprint density at radius 1 is 1.52 bits per heavy atom. The van der Waals surface area contributed by atoms with Crippen LogP contribution in [0.25, 0.3) is 0 Å². The smallest absolute Gasteiger partial charge is 0.268 e. The van der Waals surface area contributed by atoms with Crippen LogP contribution in [0.15, 0.2) is 50.9 Å². The number of nitrogens with zero attached hydrogens (tertiary/aromatic N) is 1. The third kappa shape index (κ3) is 2.36. The molecule has 2 aliphatic rings. The fraction of sp³-hybridized carbons (Fsp3) is 0.267. The van der Waals surface area contributed by atoms with Gasteiger partial charge in [0.05, 0.1) is 21.8 Å². The molecule has 3 rings (SSSR count). The highest BCUT2D eigenvalue weighted by Gasteiger charge is 2.38. The van der Waals surface area contributed by atoms with Crippen LogP contribution in [0.2, 0.25) is 0 Å². The predicted molar refractivity (Wildman–Crippen MR) is 83.6 cm³/mol. The molecule has 1 aromatic rings. The van der Waals surface area contributed by atoms with Gasteiger partial charge in [-0.25, -0.2) is 4.39 Å². The SMILES string of the molecule is COC1=CCC2C(=C1F)C=C(C)N2C(=O)c1ccc(Br)s1. The molecule has 1 amide bonds. The number of ether oxygens (including phenoxy) is 1. The number of hydrogen-bond acceptors (Lipinski definition) is 3. The summed E-state index contributed by atoms with van der Waals surface area (Å²) in [5.74, 6) is -0.226. The Bertz CT molecular complexity index is 704. The van der Waals surface area contributed by atoms with Crippen molar-refractivity contribution in [1.82, 2.24) is 4.90 Å². The van der Waals surface area contributed by atoms with Crippen molar-refractivity contribution in [3.63, 3.8) is 0 Å². The second-order valence-corrected chi connectivity index (χ2v) is 7.32. The molecule has 0 fully saturated rings. The molecule has 0 saturated carbocycles. The highest BCUT2D eigenvalue weighted by molar-refractivity contribution is 9.11. The summed E-state index contributed by atoms with van der Waals surface area (Å²) in [7, 11) is 1.45. The summed E-state index contributed by atoms with van der Waals surface area (Å²) in [6, 6.07) is 3.34. The topological polar surface area (TPSA) is 29.5 Å². The maximum Gasteiger partial charge on any atom is 0.268 e. The molecule has 0 aromatic carbocycles. The number of allylic oxidation sites excluding steroid dienone is 2. The average molecular weight is 370 g/mol. The number of thiophene rings is 1. The monoisotopic (exact) mass is 369 g/mol. The van der Waals surface area contributed by atoms with Crippen LogP contribution in [0.3, 0.4) is 0 Å². The van der Waals surface area contributed by atoms with Crippen molar-refractivity contribution in [2.75, 3.05) is 7.11 Å². The first kappa shape index (κ1) is 14.5. The van der Waals surface area contributed by atoms with Gasteiger partial charge in [-0.2, -0.15) is 0 Å². The minimum Gasteiger partial charge on any atom is -0.494 e. The van der Waals surface area contributed by atoms with Crippen LogP contribution in [-0.4, -0.2) is 24.0 Å². The first-order chi connectivity index (χ1) is 10.0. The fourth-order valence-electron chi connectivity index (χ4n) is 2.69. The second-order valence-electron chi connectivity index (χ2n) is 4.86. The maximum atomic E-state index is 14.3. The van der Waals surface area contributed by atoms with Gasteiger partial charge >= 0.3 is 0 Å². The molecule has 1 aromatic heterocycles. The third-order valence-electron chi connectivity index (χ3n) is 3.63. The summed E-state index contributed by atoms with van der Waals surface area (Å²) in [5, 5.41) is 0. The summed E-state index contributed by atoms with van der Waals surface area (Å²) in [4.78, 5) is 15.0. The standard InChI is InChI=1S/C15H13BrFNO2S/c1-8-7-9-10(3-4-11(20-2)14(9)17)18(8)15(19)12-5-6-13(16)21-12/h4-7,10H,3H2,1-2H3. The molecule has 1 aliphatic carbocycles. The normalized spacial score (nSPS) is 21.1. The van der Waals surface area contributed by atoms with Crippen molar-refractivity contribution in [2.45, 2.75) is 19.4 Å². The van der Waals surface area contributed by atoms with Crippen molar-refractivity contribution >= 4 is 33.2 Å². The number of amides is 1. The molecule has 1 unspecified atom stereocenters. The molecule has 0 N–H and O–H groups in total. The fourth-order valence-corrected chi connectivity index (χ4v) is 4.01. The van der Waals surface area contributed by atoms with Crippen LogP contribution in [-0.2, 0) is 4.74 Å². The third-order valence-corrected chi connectivity index (χ3v) is 5.25. The summed E-state index contributed by atoms with van der Waals surface area (Å²) in [6.45, 7) is 1.83. The van der Waals surface area contributed by atoms with Gasteiger partial charge in [0.15, 0.2) is 11.6 Å². The van der Waals surface area contributed by atoms with Crippen molar-refractivity contribution in [2.24, 2.45) is 0 Å². The van der Waals surface area contributed by atoms with E-state index in [1.54, 1.807) is 23.1 Å². The molecule has 0 saturated heterocycles. The van der Waals surface area contributed by atoms with E-state index < -0.39 is 0 Å². The van der Waals surface area contributed by atoms with E-state index in [0.29, 0.717) is 16.9 Å². The molecular formula is C15H13BrFNO2S. The van der Waals surface area contributed by atoms with E-state index in [1.807, 2.05) is 13.0 Å². The van der Waals surface area contributed by atoms with Crippen molar-refractivity contribution in [3.05, 3.63) is 55.8 Å². The van der Waals surface area contributed by atoms with E-state index in [-0.39, 0.29) is 23.5 Å². The van der Waals surface area contributed by atoms with Gasteiger partial charge in [0, 0.05) is 11.3 Å². The minimum atomic E-state index is -0.379. The number of carbonyl (C=O) groups is 1. The van der Waals surface area contributed by atoms with E-state index in [9.17, 15) is 9.18 Å². The number of rotatable bonds is 2. The molecule has 0 radical (unpaired) electrons. The summed E-state index contributed by atoms with van der Waals surface area (Å²) in [5.41, 5.74) is 1.28. The molecule has 1 atom stereocenters. The molecule has 1 aliphatic heterocycles. The van der Waals surface area contributed by atoms with Gasteiger partial charge in [0.25, 0.3) is 5.91 Å². The van der Waals surface area contributed by atoms with E-state index >= 15 is 0 Å². The minimum absolute atomic E-state index is 0.0958. The maximum absolute atomic E-state index is 14.3. The summed E-state index contributed by atoms with van der Waals surface area (Å²) in [6.07, 6.45) is 3.98. The zero-order valence-corrected chi connectivity index (χ0v) is 13.9. The molecule has 2 heterocycles. The Hall–Kier alpha value is -1.40. The van der Waals surface area contributed by atoms with E-state index in [2.05, 4.69) is 15.9 Å². The Morgan fingerprint density at radius 3 is 2.90 bits per heavy atom. The summed E-state index contributed by atoms with van der Waals surface area (Å²) >= 11 is 4.74. The molecule has 0 spiro atoms. The summed E-state index contributed by atoms with van der Waals surface area (Å²) < 4.78 is 20.2. The van der Waals surface area contributed by atoms with E-state index in [1.165, 1.54) is 18.4 Å². The second kappa shape index (κ2) is 5.42. The number of methoxy groups -OCH3 is 1. The Kier molecular flexibility index (Phi) is 3.75. The quantitative estimate of drug-likeness (QED) is 0.773. The van der Waals surface area contributed by atoms with Crippen LogP contribution >= 0.6 is 27.3 Å². The van der Waals surface area contributed by atoms with Crippen molar-refractivity contribution < 1.29 is 13.9 Å². The Balaban J connectivity index is 1.95. The molecule has 0 bridgehead atoms. The van der Waals surface area contributed by atoms with Gasteiger partial charge in [-0.05, 0) is 53.6 Å². The van der Waals surface area contributed by atoms with Gasteiger partial charge in [0.2, 0.25) is 0 Å². The molecule has 6 heteroatoms. The zero-order chi connectivity index (χ0) is 15.1. The van der Waals surface area contributed by atoms with E-state index in [0.717, 1.165) is 9.48 Å². The van der Waals surface area contributed by atoms with Crippen LogP contribution in [0, 0.1) is 0 Å². The predicted octanol–water partition coefficient (Wildman–Crippen LogP) is 4.40. The number of halogens is 2.